The van der Waals surface area contributed by atoms with Crippen LogP contribution in [-0.4, -0.2) is 7.11 Å². The highest BCUT2D eigenvalue weighted by atomic mass is 35.5. The van der Waals surface area contributed by atoms with E-state index in [1.165, 1.54) is 11.6 Å². The molecule has 0 aliphatic carbocycles. The van der Waals surface area contributed by atoms with Gasteiger partial charge in [-0.25, -0.2) is 4.39 Å². The average molecular weight is 388 g/mol. The zero-order valence-electron chi connectivity index (χ0n) is 15.2. The third kappa shape index (κ3) is 5.98. The van der Waals surface area contributed by atoms with Crippen LogP contribution in [0.25, 0.3) is 0 Å². The van der Waals surface area contributed by atoms with Crippen molar-refractivity contribution in [3.63, 3.8) is 0 Å². The Hall–Kier alpha value is -2.56. The summed E-state index contributed by atoms with van der Waals surface area (Å²) in [4.78, 5) is 0. The lowest BCUT2D eigenvalue weighted by molar-refractivity contribution is 0.279. The average Bonchev–Trinajstić information content (AvgIpc) is 2.68. The monoisotopic (exact) mass is 387 g/mol. The fraction of sp³-hybridized carbons (Fsp3) is 0.182. The van der Waals surface area contributed by atoms with Crippen molar-refractivity contribution in [3.05, 3.63) is 95.3 Å². The molecule has 3 aromatic rings. The Balaban J connectivity index is 0.00000261. The van der Waals surface area contributed by atoms with Crippen LogP contribution in [0.3, 0.4) is 0 Å². The molecule has 3 rings (SSSR count). The SMILES string of the molecule is COc1cc(CNCc2ccccc2)ccc1OCc1ccccc1F.Cl. The van der Waals surface area contributed by atoms with Gasteiger partial charge in [-0.3, -0.25) is 0 Å². The Morgan fingerprint density at radius 1 is 0.815 bits per heavy atom. The highest BCUT2D eigenvalue weighted by molar-refractivity contribution is 5.85. The highest BCUT2D eigenvalue weighted by Crippen LogP contribution is 2.29. The maximum Gasteiger partial charge on any atom is 0.161 e. The van der Waals surface area contributed by atoms with Gasteiger partial charge in [-0.2, -0.15) is 0 Å². The fourth-order valence-electron chi connectivity index (χ4n) is 2.66. The second-order valence-corrected chi connectivity index (χ2v) is 5.95. The first-order valence-electron chi connectivity index (χ1n) is 8.54. The van der Waals surface area contributed by atoms with E-state index in [-0.39, 0.29) is 24.8 Å². The van der Waals surface area contributed by atoms with Crippen LogP contribution in [0.2, 0.25) is 0 Å². The molecule has 0 saturated heterocycles. The zero-order valence-corrected chi connectivity index (χ0v) is 16.0. The first-order valence-corrected chi connectivity index (χ1v) is 8.54. The highest BCUT2D eigenvalue weighted by Gasteiger charge is 2.08. The normalized spacial score (nSPS) is 10.1. The van der Waals surface area contributed by atoms with Gasteiger partial charge in [-0.05, 0) is 29.3 Å². The molecule has 0 saturated carbocycles. The van der Waals surface area contributed by atoms with Gasteiger partial charge in [0.25, 0.3) is 0 Å². The Kier molecular flexibility index (Phi) is 8.11. The predicted octanol–water partition coefficient (Wildman–Crippen LogP) is 5.12. The molecular weight excluding hydrogens is 365 g/mol. The second-order valence-electron chi connectivity index (χ2n) is 5.95. The topological polar surface area (TPSA) is 30.5 Å². The van der Waals surface area contributed by atoms with Gasteiger partial charge in [0.05, 0.1) is 7.11 Å². The standard InChI is InChI=1S/C22H22FNO2.ClH/c1-25-22-13-18(15-24-14-17-7-3-2-4-8-17)11-12-21(22)26-16-19-9-5-6-10-20(19)23;/h2-13,24H,14-16H2,1H3;1H. The molecular formula is C22H23ClFNO2. The predicted molar refractivity (Wildman–Crippen MR) is 108 cm³/mol. The molecule has 0 aliphatic heterocycles. The molecule has 0 unspecified atom stereocenters. The lowest BCUT2D eigenvalue weighted by atomic mass is 10.2. The summed E-state index contributed by atoms with van der Waals surface area (Å²) in [6, 6.07) is 22.6. The van der Waals surface area contributed by atoms with Crippen molar-refractivity contribution in [1.29, 1.82) is 0 Å². The van der Waals surface area contributed by atoms with Gasteiger partial charge in [0.15, 0.2) is 11.5 Å². The van der Waals surface area contributed by atoms with Crippen molar-refractivity contribution in [2.24, 2.45) is 0 Å². The summed E-state index contributed by atoms with van der Waals surface area (Å²) in [5.41, 5.74) is 2.85. The number of nitrogens with one attached hydrogen (secondary N) is 1. The largest absolute Gasteiger partial charge is 0.493 e. The Labute approximate surface area is 165 Å². The van der Waals surface area contributed by atoms with E-state index in [2.05, 4.69) is 17.4 Å². The van der Waals surface area contributed by atoms with Crippen LogP contribution >= 0.6 is 12.4 Å². The molecule has 3 aromatic carbocycles. The van der Waals surface area contributed by atoms with Crippen molar-refractivity contribution in [1.82, 2.24) is 5.32 Å². The summed E-state index contributed by atoms with van der Waals surface area (Å²) in [6.07, 6.45) is 0. The van der Waals surface area contributed by atoms with E-state index in [1.54, 1.807) is 25.3 Å². The Bertz CT molecular complexity index is 843. The van der Waals surface area contributed by atoms with Crippen molar-refractivity contribution < 1.29 is 13.9 Å². The zero-order chi connectivity index (χ0) is 18.2. The lowest BCUT2D eigenvalue weighted by Gasteiger charge is -2.13. The minimum atomic E-state index is -0.270. The molecule has 0 aliphatic rings. The number of rotatable bonds is 8. The van der Waals surface area contributed by atoms with Gasteiger partial charge in [0.1, 0.15) is 12.4 Å². The molecule has 5 heteroatoms. The van der Waals surface area contributed by atoms with E-state index in [9.17, 15) is 4.39 Å². The van der Waals surface area contributed by atoms with E-state index in [0.29, 0.717) is 17.1 Å². The quantitative estimate of drug-likeness (QED) is 0.581. The third-order valence-electron chi connectivity index (χ3n) is 4.07. The summed E-state index contributed by atoms with van der Waals surface area (Å²) < 4.78 is 24.9. The third-order valence-corrected chi connectivity index (χ3v) is 4.07. The van der Waals surface area contributed by atoms with Crippen LogP contribution in [0.1, 0.15) is 16.7 Å². The molecule has 1 N–H and O–H groups in total. The van der Waals surface area contributed by atoms with Gasteiger partial charge in [0.2, 0.25) is 0 Å². The summed E-state index contributed by atoms with van der Waals surface area (Å²) in [5, 5.41) is 3.41. The van der Waals surface area contributed by atoms with E-state index in [4.69, 9.17) is 9.47 Å². The van der Waals surface area contributed by atoms with E-state index >= 15 is 0 Å². The van der Waals surface area contributed by atoms with E-state index in [1.807, 2.05) is 36.4 Å². The smallest absolute Gasteiger partial charge is 0.161 e. The number of halogens is 2. The molecule has 142 valence electrons. The van der Waals surface area contributed by atoms with Crippen LogP contribution in [0, 0.1) is 5.82 Å². The summed E-state index contributed by atoms with van der Waals surface area (Å²) in [7, 11) is 1.60. The molecule has 0 atom stereocenters. The van der Waals surface area contributed by atoms with E-state index in [0.717, 1.165) is 18.7 Å². The van der Waals surface area contributed by atoms with Crippen LogP contribution in [-0.2, 0) is 19.7 Å². The number of hydrogen-bond acceptors (Lipinski definition) is 3. The van der Waals surface area contributed by atoms with Gasteiger partial charge in [-0.1, -0.05) is 54.6 Å². The van der Waals surface area contributed by atoms with Crippen LogP contribution in [0.5, 0.6) is 11.5 Å². The number of methoxy groups -OCH3 is 1. The molecule has 0 bridgehead atoms. The summed E-state index contributed by atoms with van der Waals surface area (Å²) in [5.74, 6) is 0.969. The minimum Gasteiger partial charge on any atom is -0.493 e. The lowest BCUT2D eigenvalue weighted by Crippen LogP contribution is -2.12. The summed E-state index contributed by atoms with van der Waals surface area (Å²) in [6.45, 7) is 1.68. The molecule has 0 fully saturated rings. The van der Waals surface area contributed by atoms with Gasteiger partial charge in [-0.15, -0.1) is 12.4 Å². The molecule has 27 heavy (non-hydrogen) atoms. The van der Waals surface area contributed by atoms with Crippen molar-refractivity contribution >= 4 is 12.4 Å². The number of benzene rings is 3. The van der Waals surface area contributed by atoms with Crippen LogP contribution in [0.4, 0.5) is 4.39 Å². The van der Waals surface area contributed by atoms with E-state index < -0.39 is 0 Å². The maximum atomic E-state index is 13.7. The van der Waals surface area contributed by atoms with Gasteiger partial charge >= 0.3 is 0 Å². The molecule has 0 heterocycles. The number of ether oxygens (including phenoxy) is 2. The first kappa shape index (κ1) is 20.7. The van der Waals surface area contributed by atoms with Crippen LogP contribution in [0.15, 0.2) is 72.8 Å². The molecule has 0 amide bonds. The molecule has 0 aromatic heterocycles. The van der Waals surface area contributed by atoms with Gasteiger partial charge < -0.3 is 14.8 Å². The minimum absolute atomic E-state index is 0. The van der Waals surface area contributed by atoms with Crippen molar-refractivity contribution in [3.8, 4) is 11.5 Å². The Morgan fingerprint density at radius 2 is 1.52 bits per heavy atom. The fourth-order valence-corrected chi connectivity index (χ4v) is 2.66. The van der Waals surface area contributed by atoms with Crippen molar-refractivity contribution in [2.75, 3.05) is 7.11 Å². The molecule has 3 nitrogen and oxygen atoms in total. The first-order chi connectivity index (χ1) is 12.8. The number of hydrogen-bond donors (Lipinski definition) is 1. The molecule has 0 radical (unpaired) electrons. The Morgan fingerprint density at radius 3 is 2.26 bits per heavy atom. The molecule has 0 spiro atoms. The summed E-state index contributed by atoms with van der Waals surface area (Å²) >= 11 is 0. The van der Waals surface area contributed by atoms with Crippen molar-refractivity contribution in [2.45, 2.75) is 19.7 Å². The van der Waals surface area contributed by atoms with Gasteiger partial charge in [0, 0.05) is 18.7 Å². The second kappa shape index (κ2) is 10.6. The van der Waals surface area contributed by atoms with Crippen LogP contribution < -0.4 is 14.8 Å². The maximum absolute atomic E-state index is 13.7.